The van der Waals surface area contributed by atoms with Gasteiger partial charge in [-0.25, -0.2) is 22.3 Å². The summed E-state index contributed by atoms with van der Waals surface area (Å²) >= 11 is 0. The zero-order valence-corrected chi connectivity index (χ0v) is 12.3. The first-order chi connectivity index (χ1) is 9.62. The molecular weight excluding hydrogens is 306 g/mol. The quantitative estimate of drug-likeness (QED) is 0.756. The van der Waals surface area contributed by atoms with Gasteiger partial charge in [-0.3, -0.25) is 4.79 Å². The van der Waals surface area contributed by atoms with Gasteiger partial charge < -0.3 is 10.1 Å². The van der Waals surface area contributed by atoms with Crippen LogP contribution in [0.1, 0.15) is 24.2 Å². The van der Waals surface area contributed by atoms with Gasteiger partial charge in [-0.2, -0.15) is 0 Å². The van der Waals surface area contributed by atoms with E-state index in [0.29, 0.717) is 12.1 Å². The molecule has 9 heteroatoms. The van der Waals surface area contributed by atoms with Crippen molar-refractivity contribution in [2.75, 3.05) is 13.2 Å². The highest BCUT2D eigenvalue weighted by Crippen LogP contribution is 2.17. The Morgan fingerprint density at radius 1 is 1.38 bits per heavy atom. The number of hydrogen-bond donors (Lipinski definition) is 2. The lowest BCUT2D eigenvalue weighted by Gasteiger charge is -2.10. The fraction of sp³-hybridized carbons (Fsp3) is 0.417. The summed E-state index contributed by atoms with van der Waals surface area (Å²) in [5, 5.41) is 7.13. The largest absolute Gasteiger partial charge is 0.377 e. The fourth-order valence-electron chi connectivity index (χ4n) is 1.45. The Labute approximate surface area is 121 Å². The third-order valence-electron chi connectivity index (χ3n) is 2.41. The fourth-order valence-corrected chi connectivity index (χ4v) is 2.00. The van der Waals surface area contributed by atoms with E-state index in [2.05, 4.69) is 5.32 Å². The zero-order chi connectivity index (χ0) is 16.2. The van der Waals surface area contributed by atoms with E-state index in [4.69, 9.17) is 9.88 Å². The van der Waals surface area contributed by atoms with Crippen molar-refractivity contribution in [3.05, 3.63) is 29.3 Å². The van der Waals surface area contributed by atoms with Crippen molar-refractivity contribution in [1.82, 2.24) is 5.32 Å². The summed E-state index contributed by atoms with van der Waals surface area (Å²) in [7, 11) is -4.25. The third kappa shape index (κ3) is 5.03. The number of hydrogen-bond acceptors (Lipinski definition) is 4. The van der Waals surface area contributed by atoms with Crippen molar-refractivity contribution in [2.45, 2.75) is 24.8 Å². The van der Waals surface area contributed by atoms with E-state index in [1.54, 1.807) is 13.8 Å². The van der Waals surface area contributed by atoms with Crippen LogP contribution in [-0.4, -0.2) is 33.6 Å². The molecule has 0 saturated carbocycles. The summed E-state index contributed by atoms with van der Waals surface area (Å²) in [6, 6.07) is 1.11. The molecule has 1 rings (SSSR count). The SMILES string of the molecule is CC(C)OCCNC(=O)c1cc(S(N)(=O)=O)cc(F)c1F. The molecule has 0 bridgehead atoms. The average Bonchev–Trinajstić information content (AvgIpc) is 2.35. The molecule has 0 aliphatic rings. The van der Waals surface area contributed by atoms with E-state index in [1.807, 2.05) is 0 Å². The molecule has 118 valence electrons. The third-order valence-corrected chi connectivity index (χ3v) is 3.31. The number of amides is 1. The Hall–Kier alpha value is -1.58. The van der Waals surface area contributed by atoms with Crippen LogP contribution >= 0.6 is 0 Å². The van der Waals surface area contributed by atoms with Gasteiger partial charge in [-0.1, -0.05) is 0 Å². The van der Waals surface area contributed by atoms with Crippen molar-refractivity contribution in [1.29, 1.82) is 0 Å². The molecular formula is C12H16F2N2O4S. The topological polar surface area (TPSA) is 98.5 Å². The number of ether oxygens (including phenoxy) is 1. The number of nitrogens with two attached hydrogens (primary N) is 1. The zero-order valence-electron chi connectivity index (χ0n) is 11.5. The molecule has 21 heavy (non-hydrogen) atoms. The monoisotopic (exact) mass is 322 g/mol. The van der Waals surface area contributed by atoms with Gasteiger partial charge in [-0.05, 0) is 26.0 Å². The van der Waals surface area contributed by atoms with E-state index < -0.39 is 38.0 Å². The van der Waals surface area contributed by atoms with Gasteiger partial charge in [0.2, 0.25) is 10.0 Å². The smallest absolute Gasteiger partial charge is 0.254 e. The second-order valence-electron chi connectivity index (χ2n) is 4.49. The van der Waals surface area contributed by atoms with Crippen LogP contribution in [-0.2, 0) is 14.8 Å². The molecule has 0 spiro atoms. The minimum absolute atomic E-state index is 0.0400. The van der Waals surface area contributed by atoms with Crippen LogP contribution in [0, 0.1) is 11.6 Å². The number of halogens is 2. The van der Waals surface area contributed by atoms with E-state index in [9.17, 15) is 22.0 Å². The molecule has 0 aliphatic heterocycles. The number of primary sulfonamides is 1. The molecule has 0 aliphatic carbocycles. The van der Waals surface area contributed by atoms with Gasteiger partial charge in [-0.15, -0.1) is 0 Å². The standard InChI is InChI=1S/C12H16F2N2O4S/c1-7(2)20-4-3-16-12(17)9-5-8(21(15,18)19)6-10(13)11(9)14/h5-7H,3-4H2,1-2H3,(H,16,17)(H2,15,18,19). The van der Waals surface area contributed by atoms with Gasteiger partial charge in [0.1, 0.15) is 0 Å². The van der Waals surface area contributed by atoms with Crippen LogP contribution in [0.2, 0.25) is 0 Å². The van der Waals surface area contributed by atoms with E-state index in [0.717, 1.165) is 0 Å². The van der Waals surface area contributed by atoms with Crippen LogP contribution in [0.25, 0.3) is 0 Å². The van der Waals surface area contributed by atoms with Crippen LogP contribution in [0.4, 0.5) is 8.78 Å². The number of rotatable bonds is 6. The Morgan fingerprint density at radius 3 is 2.52 bits per heavy atom. The minimum atomic E-state index is -4.25. The molecule has 0 atom stereocenters. The molecule has 6 nitrogen and oxygen atoms in total. The number of sulfonamides is 1. The first-order valence-electron chi connectivity index (χ1n) is 6.04. The van der Waals surface area contributed by atoms with Gasteiger partial charge in [0.15, 0.2) is 11.6 Å². The highest BCUT2D eigenvalue weighted by Gasteiger charge is 2.20. The Balaban J connectivity index is 2.91. The van der Waals surface area contributed by atoms with Crippen LogP contribution < -0.4 is 10.5 Å². The normalized spacial score (nSPS) is 11.7. The molecule has 0 saturated heterocycles. The lowest BCUT2D eigenvalue weighted by atomic mass is 10.2. The number of carbonyl (C=O) groups is 1. The average molecular weight is 322 g/mol. The van der Waals surface area contributed by atoms with Gasteiger partial charge >= 0.3 is 0 Å². The highest BCUT2D eigenvalue weighted by atomic mass is 32.2. The molecule has 0 radical (unpaired) electrons. The van der Waals surface area contributed by atoms with E-state index >= 15 is 0 Å². The summed E-state index contributed by atoms with van der Waals surface area (Å²) in [6.45, 7) is 3.85. The second-order valence-corrected chi connectivity index (χ2v) is 6.05. The van der Waals surface area contributed by atoms with Gasteiger partial charge in [0.05, 0.1) is 23.2 Å². The van der Waals surface area contributed by atoms with Gasteiger partial charge in [0.25, 0.3) is 5.91 Å². The van der Waals surface area contributed by atoms with Crippen molar-refractivity contribution in [3.63, 3.8) is 0 Å². The Bertz CT molecular complexity index is 632. The lowest BCUT2D eigenvalue weighted by Crippen LogP contribution is -2.29. The lowest BCUT2D eigenvalue weighted by molar-refractivity contribution is 0.0744. The molecule has 1 aromatic rings. The van der Waals surface area contributed by atoms with E-state index in [1.165, 1.54) is 0 Å². The molecule has 1 aromatic carbocycles. The van der Waals surface area contributed by atoms with E-state index in [-0.39, 0.29) is 19.3 Å². The first kappa shape index (κ1) is 17.5. The number of benzene rings is 1. The van der Waals surface area contributed by atoms with Crippen molar-refractivity contribution in [2.24, 2.45) is 5.14 Å². The number of nitrogens with one attached hydrogen (secondary N) is 1. The number of carbonyl (C=O) groups excluding carboxylic acids is 1. The van der Waals surface area contributed by atoms with Crippen molar-refractivity contribution in [3.8, 4) is 0 Å². The summed E-state index contributed by atoms with van der Waals surface area (Å²) in [4.78, 5) is 11.1. The maximum Gasteiger partial charge on any atom is 0.254 e. The molecule has 0 aromatic heterocycles. The Morgan fingerprint density at radius 2 is 2.00 bits per heavy atom. The summed E-state index contributed by atoms with van der Waals surface area (Å²) in [6.07, 6.45) is -0.0400. The summed E-state index contributed by atoms with van der Waals surface area (Å²) in [5.41, 5.74) is -0.733. The molecule has 1 amide bonds. The van der Waals surface area contributed by atoms with Crippen molar-refractivity contribution >= 4 is 15.9 Å². The Kier molecular flexibility index (Phi) is 5.76. The summed E-state index contributed by atoms with van der Waals surface area (Å²) < 4.78 is 54.3. The predicted molar refractivity (Wildman–Crippen MR) is 71.2 cm³/mol. The maximum absolute atomic E-state index is 13.6. The molecule has 3 N–H and O–H groups in total. The highest BCUT2D eigenvalue weighted by molar-refractivity contribution is 7.89. The second kappa shape index (κ2) is 6.92. The van der Waals surface area contributed by atoms with Crippen LogP contribution in [0.3, 0.4) is 0 Å². The van der Waals surface area contributed by atoms with Gasteiger partial charge in [0, 0.05) is 6.54 Å². The first-order valence-corrected chi connectivity index (χ1v) is 7.59. The molecule has 0 unspecified atom stereocenters. The van der Waals surface area contributed by atoms with Crippen molar-refractivity contribution < 1.29 is 26.7 Å². The molecule has 0 fully saturated rings. The maximum atomic E-state index is 13.6. The molecule has 0 heterocycles. The minimum Gasteiger partial charge on any atom is -0.377 e. The predicted octanol–water partition coefficient (Wildman–Crippen LogP) is 0.767. The van der Waals surface area contributed by atoms with Crippen LogP contribution in [0.15, 0.2) is 17.0 Å². The summed E-state index contributed by atoms with van der Waals surface area (Å²) in [5.74, 6) is -3.86. The van der Waals surface area contributed by atoms with Crippen LogP contribution in [0.5, 0.6) is 0 Å².